The van der Waals surface area contributed by atoms with E-state index in [0.717, 1.165) is 5.52 Å². The molecule has 1 fully saturated rings. The van der Waals surface area contributed by atoms with Crippen LogP contribution in [0.2, 0.25) is 0 Å². The van der Waals surface area contributed by atoms with Gasteiger partial charge in [0.05, 0.1) is 5.52 Å². The number of oxazole rings is 1. The van der Waals surface area contributed by atoms with Gasteiger partial charge in [0.15, 0.2) is 5.58 Å². The second-order valence-electron chi connectivity index (χ2n) is 5.54. The molecule has 4 nitrogen and oxygen atoms in total. The van der Waals surface area contributed by atoms with Crippen LogP contribution in [0.1, 0.15) is 37.2 Å². The lowest BCUT2D eigenvalue weighted by molar-refractivity contribution is 0.440. The third-order valence-electron chi connectivity index (χ3n) is 4.47. The summed E-state index contributed by atoms with van der Waals surface area (Å²) in [6.45, 7) is 0.660. The Hall–Kier alpha value is -1.55. The lowest BCUT2D eigenvalue weighted by Crippen LogP contribution is -2.19. The number of nitrogens with two attached hydrogens (primary N) is 1. The van der Waals surface area contributed by atoms with Crippen LogP contribution in [0.15, 0.2) is 27.4 Å². The second-order valence-corrected chi connectivity index (χ2v) is 5.54. The van der Waals surface area contributed by atoms with Crippen LogP contribution in [0, 0.1) is 5.92 Å². The molecule has 0 radical (unpaired) electrons. The molecule has 1 heterocycles. The molecule has 1 aliphatic carbocycles. The van der Waals surface area contributed by atoms with Gasteiger partial charge in [-0.1, -0.05) is 18.9 Å². The Kier molecular flexibility index (Phi) is 3.19. The number of hydrogen-bond donors (Lipinski definition) is 1. The highest BCUT2D eigenvalue weighted by Gasteiger charge is 2.25. The van der Waals surface area contributed by atoms with Crippen LogP contribution in [0.4, 0.5) is 0 Å². The number of hydrogen-bond acceptors (Lipinski definition) is 3. The number of rotatable bonds is 3. The van der Waals surface area contributed by atoms with Crippen LogP contribution in [-0.4, -0.2) is 11.1 Å². The van der Waals surface area contributed by atoms with Crippen molar-refractivity contribution < 1.29 is 4.42 Å². The van der Waals surface area contributed by atoms with Crippen molar-refractivity contribution in [2.45, 2.75) is 31.6 Å². The fourth-order valence-corrected chi connectivity index (χ4v) is 3.34. The first-order chi connectivity index (χ1) is 9.20. The van der Waals surface area contributed by atoms with Crippen LogP contribution in [0.5, 0.6) is 0 Å². The fourth-order valence-electron chi connectivity index (χ4n) is 3.34. The first kappa shape index (κ1) is 12.5. The predicted octanol–water partition coefficient (Wildman–Crippen LogP) is 2.36. The molecule has 0 amide bonds. The zero-order chi connectivity index (χ0) is 13.4. The Morgan fingerprint density at radius 2 is 2.16 bits per heavy atom. The maximum atomic E-state index is 11.5. The molecule has 102 valence electrons. The monoisotopic (exact) mass is 260 g/mol. The lowest BCUT2D eigenvalue weighted by Gasteiger charge is -2.22. The topological polar surface area (TPSA) is 61.2 Å². The molecule has 1 unspecified atom stereocenters. The van der Waals surface area contributed by atoms with Gasteiger partial charge in [0.1, 0.15) is 0 Å². The van der Waals surface area contributed by atoms with Crippen molar-refractivity contribution in [1.29, 1.82) is 0 Å². The van der Waals surface area contributed by atoms with Gasteiger partial charge in [-0.05, 0) is 48.9 Å². The van der Waals surface area contributed by atoms with Crippen LogP contribution in [0.3, 0.4) is 0 Å². The summed E-state index contributed by atoms with van der Waals surface area (Å²) in [6.07, 6.45) is 5.14. The summed E-state index contributed by atoms with van der Waals surface area (Å²) in [4.78, 5) is 11.5. The zero-order valence-electron chi connectivity index (χ0n) is 11.3. The molecule has 0 aliphatic heterocycles. The summed E-state index contributed by atoms with van der Waals surface area (Å²) >= 11 is 0. The van der Waals surface area contributed by atoms with Gasteiger partial charge in [0, 0.05) is 7.05 Å². The molecule has 0 spiro atoms. The first-order valence-electron chi connectivity index (χ1n) is 7.00. The molecule has 1 aromatic heterocycles. The largest absolute Gasteiger partial charge is 0.419 e. The van der Waals surface area contributed by atoms with Crippen LogP contribution < -0.4 is 11.5 Å². The van der Waals surface area contributed by atoms with Crippen molar-refractivity contribution in [2.75, 3.05) is 6.54 Å². The van der Waals surface area contributed by atoms with Gasteiger partial charge in [-0.25, -0.2) is 4.79 Å². The van der Waals surface area contributed by atoms with E-state index in [1.807, 2.05) is 12.1 Å². The summed E-state index contributed by atoms with van der Waals surface area (Å²) in [7, 11) is 1.73. The van der Waals surface area contributed by atoms with E-state index in [0.29, 0.717) is 24.0 Å². The van der Waals surface area contributed by atoms with Gasteiger partial charge < -0.3 is 10.2 Å². The Labute approximate surface area is 112 Å². The minimum absolute atomic E-state index is 0.308. The number of nitrogens with zero attached hydrogens (tertiary/aromatic N) is 1. The van der Waals surface area contributed by atoms with Gasteiger partial charge >= 0.3 is 5.76 Å². The van der Waals surface area contributed by atoms with Gasteiger partial charge in [-0.3, -0.25) is 4.57 Å². The average Bonchev–Trinajstić information content (AvgIpc) is 3.01. The standard InChI is InChI=1S/C15H20N2O2/c1-17-13-7-6-11(8-14(13)19-15(17)18)12(9-16)10-4-2-3-5-10/h6-8,10,12H,2-5,9,16H2,1H3. The number of benzene rings is 1. The van der Waals surface area contributed by atoms with Crippen molar-refractivity contribution in [3.05, 3.63) is 34.3 Å². The van der Waals surface area contributed by atoms with E-state index in [1.165, 1.54) is 35.8 Å². The molecule has 3 rings (SSSR count). The SMILES string of the molecule is Cn1c(=O)oc2cc(C(CN)C3CCCC3)ccc21. The molecule has 1 saturated carbocycles. The smallest absolute Gasteiger partial charge is 0.408 e. The normalized spacial score (nSPS) is 18.2. The van der Waals surface area contributed by atoms with E-state index in [-0.39, 0.29) is 5.76 Å². The highest BCUT2D eigenvalue weighted by atomic mass is 16.4. The minimum atomic E-state index is -0.308. The molecule has 0 bridgehead atoms. The van der Waals surface area contributed by atoms with E-state index in [4.69, 9.17) is 10.2 Å². The first-order valence-corrected chi connectivity index (χ1v) is 7.00. The van der Waals surface area contributed by atoms with E-state index in [9.17, 15) is 4.79 Å². The highest BCUT2D eigenvalue weighted by molar-refractivity contribution is 5.73. The summed E-state index contributed by atoms with van der Waals surface area (Å²) in [5.41, 5.74) is 8.68. The van der Waals surface area contributed by atoms with Crippen LogP contribution in [-0.2, 0) is 7.05 Å². The molecular formula is C15H20N2O2. The zero-order valence-corrected chi connectivity index (χ0v) is 11.3. The van der Waals surface area contributed by atoms with Crippen molar-refractivity contribution in [3.63, 3.8) is 0 Å². The van der Waals surface area contributed by atoms with Crippen LogP contribution in [0.25, 0.3) is 11.1 Å². The Morgan fingerprint density at radius 3 is 2.84 bits per heavy atom. The second kappa shape index (κ2) is 4.85. The van der Waals surface area contributed by atoms with Crippen molar-refractivity contribution in [3.8, 4) is 0 Å². The quantitative estimate of drug-likeness (QED) is 0.921. The Bertz CT molecular complexity index is 635. The Balaban J connectivity index is 2.01. The van der Waals surface area contributed by atoms with E-state index < -0.39 is 0 Å². The molecule has 1 aliphatic rings. The van der Waals surface area contributed by atoms with Gasteiger partial charge in [-0.15, -0.1) is 0 Å². The van der Waals surface area contributed by atoms with E-state index in [1.54, 1.807) is 7.05 Å². The van der Waals surface area contributed by atoms with Crippen molar-refractivity contribution in [2.24, 2.45) is 18.7 Å². The molecule has 4 heteroatoms. The fraction of sp³-hybridized carbons (Fsp3) is 0.533. The average molecular weight is 260 g/mol. The maximum absolute atomic E-state index is 11.5. The maximum Gasteiger partial charge on any atom is 0.419 e. The highest BCUT2D eigenvalue weighted by Crippen LogP contribution is 2.37. The lowest BCUT2D eigenvalue weighted by atomic mass is 9.85. The third kappa shape index (κ3) is 2.10. The summed E-state index contributed by atoms with van der Waals surface area (Å²) < 4.78 is 6.80. The van der Waals surface area contributed by atoms with E-state index >= 15 is 0 Å². The molecule has 1 aromatic carbocycles. The third-order valence-corrected chi connectivity index (χ3v) is 4.47. The molecule has 2 N–H and O–H groups in total. The summed E-state index contributed by atoms with van der Waals surface area (Å²) in [5.74, 6) is 0.757. The molecular weight excluding hydrogens is 240 g/mol. The van der Waals surface area contributed by atoms with Gasteiger partial charge in [0.2, 0.25) is 0 Å². The predicted molar refractivity (Wildman–Crippen MR) is 75.2 cm³/mol. The molecule has 0 saturated heterocycles. The minimum Gasteiger partial charge on any atom is -0.408 e. The number of aromatic nitrogens is 1. The molecule has 19 heavy (non-hydrogen) atoms. The summed E-state index contributed by atoms with van der Waals surface area (Å²) in [6, 6.07) is 6.05. The van der Waals surface area contributed by atoms with E-state index in [2.05, 4.69) is 6.07 Å². The number of aryl methyl sites for hydroxylation is 1. The number of fused-ring (bicyclic) bond motifs is 1. The molecule has 1 atom stereocenters. The summed E-state index contributed by atoms with van der Waals surface area (Å²) in [5, 5.41) is 0. The van der Waals surface area contributed by atoms with Gasteiger partial charge in [-0.2, -0.15) is 0 Å². The van der Waals surface area contributed by atoms with Crippen molar-refractivity contribution >= 4 is 11.1 Å². The Morgan fingerprint density at radius 1 is 1.42 bits per heavy atom. The van der Waals surface area contributed by atoms with Gasteiger partial charge in [0.25, 0.3) is 0 Å². The van der Waals surface area contributed by atoms with Crippen LogP contribution >= 0.6 is 0 Å². The van der Waals surface area contributed by atoms with Crippen molar-refractivity contribution in [1.82, 2.24) is 4.57 Å². The molecule has 2 aromatic rings.